The first-order chi connectivity index (χ1) is 6.77. The summed E-state index contributed by atoms with van der Waals surface area (Å²) in [4.78, 5) is 33.2. The van der Waals surface area contributed by atoms with Gasteiger partial charge in [-0.2, -0.15) is 0 Å². The average Bonchev–Trinajstić information content (AvgIpc) is 2.12. The van der Waals surface area contributed by atoms with E-state index in [4.69, 9.17) is 10.2 Å². The maximum absolute atomic E-state index is 11.6. The molecule has 0 heterocycles. The van der Waals surface area contributed by atoms with E-state index in [2.05, 4.69) is 6.58 Å². The van der Waals surface area contributed by atoms with Crippen LogP contribution in [-0.2, 0) is 14.4 Å². The first kappa shape index (κ1) is 13.4. The minimum absolute atomic E-state index is 0.0560. The maximum atomic E-state index is 11.6. The van der Waals surface area contributed by atoms with Crippen molar-refractivity contribution in [2.24, 2.45) is 5.41 Å². The highest BCUT2D eigenvalue weighted by Gasteiger charge is 2.46. The molecule has 15 heavy (non-hydrogen) atoms. The van der Waals surface area contributed by atoms with Crippen molar-refractivity contribution in [1.29, 1.82) is 0 Å². The van der Waals surface area contributed by atoms with Gasteiger partial charge >= 0.3 is 11.9 Å². The molecule has 0 fully saturated rings. The van der Waals surface area contributed by atoms with Crippen LogP contribution in [0, 0.1) is 5.41 Å². The zero-order valence-electron chi connectivity index (χ0n) is 8.74. The van der Waals surface area contributed by atoms with Crippen molar-refractivity contribution >= 4 is 17.7 Å². The zero-order valence-corrected chi connectivity index (χ0v) is 8.74. The fraction of sp³-hybridized carbons (Fsp3) is 0.500. The van der Waals surface area contributed by atoms with Crippen LogP contribution >= 0.6 is 0 Å². The first-order valence-corrected chi connectivity index (χ1v) is 4.43. The van der Waals surface area contributed by atoms with Gasteiger partial charge in [0, 0.05) is 0 Å². The average molecular weight is 214 g/mol. The summed E-state index contributed by atoms with van der Waals surface area (Å²) in [6, 6.07) is 0. The summed E-state index contributed by atoms with van der Waals surface area (Å²) in [5, 5.41) is 17.6. The first-order valence-electron chi connectivity index (χ1n) is 4.43. The lowest BCUT2D eigenvalue weighted by molar-refractivity contribution is -0.160. The Morgan fingerprint density at radius 3 is 1.93 bits per heavy atom. The number of hydrogen-bond acceptors (Lipinski definition) is 3. The van der Waals surface area contributed by atoms with E-state index in [1.54, 1.807) is 0 Å². The number of Topliss-reactive ketones (excluding diaryl/α,β-unsaturated/α-hetero) is 1. The smallest absolute Gasteiger partial charge is 0.318 e. The second kappa shape index (κ2) is 4.72. The normalized spacial score (nSPS) is 14.0. The van der Waals surface area contributed by atoms with Crippen molar-refractivity contribution in [3.8, 4) is 0 Å². The van der Waals surface area contributed by atoms with Crippen LogP contribution in [0.15, 0.2) is 12.2 Å². The minimum Gasteiger partial charge on any atom is -0.481 e. The number of ketones is 1. The Morgan fingerprint density at radius 2 is 1.73 bits per heavy atom. The maximum Gasteiger partial charge on any atom is 0.318 e. The third-order valence-corrected chi connectivity index (χ3v) is 2.29. The third kappa shape index (κ3) is 2.65. The molecule has 0 saturated heterocycles. The van der Waals surface area contributed by atoms with Crippen LogP contribution < -0.4 is 0 Å². The third-order valence-electron chi connectivity index (χ3n) is 2.29. The van der Waals surface area contributed by atoms with E-state index in [1.165, 1.54) is 13.8 Å². The van der Waals surface area contributed by atoms with Crippen molar-refractivity contribution < 1.29 is 24.6 Å². The molecule has 1 unspecified atom stereocenters. The van der Waals surface area contributed by atoms with Crippen LogP contribution in [0.1, 0.15) is 26.7 Å². The minimum atomic E-state index is -1.88. The number of carboxylic acid groups (broad SMARTS) is 2. The molecule has 5 heteroatoms. The number of aliphatic carboxylic acids is 2. The highest BCUT2D eigenvalue weighted by Crippen LogP contribution is 2.30. The molecular weight excluding hydrogens is 200 g/mol. The van der Waals surface area contributed by atoms with Crippen LogP contribution in [0.5, 0.6) is 0 Å². The number of carbonyl (C=O) groups is 3. The van der Waals surface area contributed by atoms with Gasteiger partial charge in [0.2, 0.25) is 0 Å². The fourth-order valence-electron chi connectivity index (χ4n) is 1.36. The molecule has 0 saturated carbocycles. The highest BCUT2D eigenvalue weighted by atomic mass is 16.4. The number of carboxylic acids is 2. The quantitative estimate of drug-likeness (QED) is 0.510. The Morgan fingerprint density at radius 1 is 1.27 bits per heavy atom. The Hall–Kier alpha value is -1.65. The zero-order chi connectivity index (χ0) is 12.2. The second-order valence-corrected chi connectivity index (χ2v) is 3.42. The molecule has 5 nitrogen and oxygen atoms in total. The van der Waals surface area contributed by atoms with Crippen molar-refractivity contribution in [3.63, 3.8) is 0 Å². The summed E-state index contributed by atoms with van der Waals surface area (Å²) in [6.07, 6.45) is -0.787. The van der Waals surface area contributed by atoms with E-state index >= 15 is 0 Å². The van der Waals surface area contributed by atoms with Crippen LogP contribution in [-0.4, -0.2) is 27.9 Å². The summed E-state index contributed by atoms with van der Waals surface area (Å²) in [5.74, 6) is -3.45. The van der Waals surface area contributed by atoms with Gasteiger partial charge < -0.3 is 10.2 Å². The van der Waals surface area contributed by atoms with Crippen LogP contribution in [0.25, 0.3) is 0 Å². The predicted octanol–water partition coefficient (Wildman–Crippen LogP) is 1.09. The summed E-state index contributed by atoms with van der Waals surface area (Å²) in [6.45, 7) is 6.20. The summed E-state index contributed by atoms with van der Waals surface area (Å²) < 4.78 is 0. The van der Waals surface area contributed by atoms with Gasteiger partial charge in [0.25, 0.3) is 0 Å². The predicted molar refractivity (Wildman–Crippen MR) is 52.4 cm³/mol. The van der Waals surface area contributed by atoms with E-state index in [9.17, 15) is 14.4 Å². The number of hydrogen-bond donors (Lipinski definition) is 2. The molecular formula is C10H14O5. The van der Waals surface area contributed by atoms with E-state index in [0.717, 1.165) is 0 Å². The molecule has 0 aliphatic carbocycles. The largest absolute Gasteiger partial charge is 0.481 e. The fourth-order valence-corrected chi connectivity index (χ4v) is 1.36. The standard InChI is InChI=1S/C10H14O5/c1-4-10(9(14)15,5-7(11)12)8(13)6(2)3/h2,4-5H2,1,3H3,(H,11,12)(H,14,15). The molecule has 1 atom stereocenters. The van der Waals surface area contributed by atoms with Gasteiger partial charge in [-0.25, -0.2) is 0 Å². The SMILES string of the molecule is C=C(C)C(=O)C(CC)(CC(=O)O)C(=O)O. The summed E-state index contributed by atoms with van der Waals surface area (Å²) in [7, 11) is 0. The molecule has 0 bridgehead atoms. The van der Waals surface area contributed by atoms with E-state index in [1.807, 2.05) is 0 Å². The van der Waals surface area contributed by atoms with Gasteiger partial charge in [0.1, 0.15) is 5.41 Å². The Balaban J connectivity index is 5.34. The second-order valence-electron chi connectivity index (χ2n) is 3.42. The van der Waals surface area contributed by atoms with Gasteiger partial charge in [-0.05, 0) is 18.9 Å². The van der Waals surface area contributed by atoms with Crippen molar-refractivity contribution in [1.82, 2.24) is 0 Å². The Bertz CT molecular complexity index is 318. The summed E-state index contributed by atoms with van der Waals surface area (Å²) >= 11 is 0. The van der Waals surface area contributed by atoms with Gasteiger partial charge in [0.05, 0.1) is 6.42 Å². The van der Waals surface area contributed by atoms with E-state index in [-0.39, 0.29) is 12.0 Å². The van der Waals surface area contributed by atoms with Crippen molar-refractivity contribution in [2.45, 2.75) is 26.7 Å². The van der Waals surface area contributed by atoms with Crippen molar-refractivity contribution in [3.05, 3.63) is 12.2 Å². The number of carbonyl (C=O) groups excluding carboxylic acids is 1. The van der Waals surface area contributed by atoms with E-state index < -0.39 is 29.6 Å². The molecule has 0 aliphatic heterocycles. The molecule has 0 aliphatic rings. The Kier molecular flexibility index (Phi) is 4.21. The molecule has 0 spiro atoms. The molecule has 84 valence electrons. The topological polar surface area (TPSA) is 91.7 Å². The molecule has 0 rings (SSSR count). The highest BCUT2D eigenvalue weighted by molar-refractivity contribution is 6.12. The van der Waals surface area contributed by atoms with E-state index in [0.29, 0.717) is 0 Å². The van der Waals surface area contributed by atoms with Gasteiger partial charge in [-0.1, -0.05) is 13.5 Å². The molecule has 2 N–H and O–H groups in total. The lowest BCUT2D eigenvalue weighted by atomic mass is 9.75. The Labute approximate surface area is 87.4 Å². The van der Waals surface area contributed by atoms with Crippen molar-refractivity contribution in [2.75, 3.05) is 0 Å². The molecule has 0 radical (unpaired) electrons. The van der Waals surface area contributed by atoms with Crippen LogP contribution in [0.2, 0.25) is 0 Å². The number of allylic oxidation sites excluding steroid dienone is 1. The van der Waals surface area contributed by atoms with Crippen LogP contribution in [0.3, 0.4) is 0 Å². The molecule has 0 aromatic heterocycles. The lowest BCUT2D eigenvalue weighted by Crippen LogP contribution is -2.41. The van der Waals surface area contributed by atoms with Crippen LogP contribution in [0.4, 0.5) is 0 Å². The molecule has 0 amide bonds. The van der Waals surface area contributed by atoms with Gasteiger partial charge in [0.15, 0.2) is 5.78 Å². The molecule has 0 aromatic carbocycles. The lowest BCUT2D eigenvalue weighted by Gasteiger charge is -2.24. The molecule has 0 aromatic rings. The van der Waals surface area contributed by atoms with Gasteiger partial charge in [-0.3, -0.25) is 14.4 Å². The number of rotatable bonds is 6. The monoisotopic (exact) mass is 214 g/mol. The van der Waals surface area contributed by atoms with Gasteiger partial charge in [-0.15, -0.1) is 0 Å². The summed E-state index contributed by atoms with van der Waals surface area (Å²) in [5.41, 5.74) is -1.82.